The summed E-state index contributed by atoms with van der Waals surface area (Å²) in [6.45, 7) is 4.69. The monoisotopic (exact) mass is 512 g/mol. The van der Waals surface area contributed by atoms with E-state index < -0.39 is 0 Å². The van der Waals surface area contributed by atoms with Crippen molar-refractivity contribution in [3.63, 3.8) is 0 Å². The maximum absolute atomic E-state index is 11.9. The van der Waals surface area contributed by atoms with Crippen molar-refractivity contribution in [2.45, 2.75) is 32.4 Å². The molecule has 2 atom stereocenters. The molecule has 3 heterocycles. The number of aromatic nitrogens is 2. The van der Waals surface area contributed by atoms with Gasteiger partial charge in [0.1, 0.15) is 0 Å². The van der Waals surface area contributed by atoms with Gasteiger partial charge in [-0.2, -0.15) is 0 Å². The number of halogens is 1. The number of pyridine rings is 1. The smallest absolute Gasteiger partial charge is 0.307 e. The largest absolute Gasteiger partial charge is 0.469 e. The van der Waals surface area contributed by atoms with E-state index in [0.717, 1.165) is 32.8 Å². The Bertz CT molecular complexity index is 1150. The maximum atomic E-state index is 11.9. The number of methoxy groups -OCH3 is 1. The first kappa shape index (κ1) is 22.5. The van der Waals surface area contributed by atoms with Crippen molar-refractivity contribution in [3.8, 4) is 5.69 Å². The number of carbonyl (C=O) groups is 1. The summed E-state index contributed by atoms with van der Waals surface area (Å²) in [7, 11) is 1.41. The number of esters is 1. The number of rotatable bonds is 6. The van der Waals surface area contributed by atoms with Gasteiger partial charge in [0.2, 0.25) is 0 Å². The quantitative estimate of drug-likeness (QED) is 0.378. The standard InChI is InChI=1S/C24H25BrN4O2S/c1-15-13-19(16(2)29(15)18-8-6-7-17(25)14-18)23-22(20-9-4-5-11-26-20)27-24(32)28(23)12-10-21(30)31-3/h4-9,11,13-14,22-23H,10,12H2,1-3H3,(H,27,32). The molecule has 0 amide bonds. The molecule has 4 rings (SSSR count). The molecule has 2 aromatic heterocycles. The van der Waals surface area contributed by atoms with E-state index in [1.807, 2.05) is 30.3 Å². The maximum Gasteiger partial charge on any atom is 0.307 e. The minimum Gasteiger partial charge on any atom is -0.469 e. The zero-order valence-corrected chi connectivity index (χ0v) is 20.6. The highest BCUT2D eigenvalue weighted by Gasteiger charge is 2.41. The Kier molecular flexibility index (Phi) is 6.62. The summed E-state index contributed by atoms with van der Waals surface area (Å²) in [5.41, 5.74) is 5.40. The van der Waals surface area contributed by atoms with E-state index in [1.54, 1.807) is 6.20 Å². The lowest BCUT2D eigenvalue weighted by Crippen LogP contribution is -2.32. The molecule has 1 N–H and O–H groups in total. The molecule has 1 aliphatic heterocycles. The van der Waals surface area contributed by atoms with E-state index in [2.05, 4.69) is 67.7 Å². The van der Waals surface area contributed by atoms with Crippen LogP contribution in [-0.4, -0.2) is 39.2 Å². The number of hydrogen-bond acceptors (Lipinski definition) is 4. The molecule has 2 unspecified atom stereocenters. The highest BCUT2D eigenvalue weighted by molar-refractivity contribution is 9.10. The van der Waals surface area contributed by atoms with Crippen molar-refractivity contribution in [3.05, 3.63) is 81.8 Å². The molecule has 1 fully saturated rings. The molecular formula is C24H25BrN4O2S. The van der Waals surface area contributed by atoms with Gasteiger partial charge in [0.05, 0.1) is 31.3 Å². The van der Waals surface area contributed by atoms with E-state index >= 15 is 0 Å². The van der Waals surface area contributed by atoms with Gasteiger partial charge in [-0.1, -0.05) is 28.1 Å². The fourth-order valence-corrected chi connectivity index (χ4v) is 5.12. The van der Waals surface area contributed by atoms with Gasteiger partial charge in [-0.05, 0) is 68.0 Å². The second-order valence-electron chi connectivity index (χ2n) is 7.79. The third-order valence-corrected chi connectivity index (χ3v) is 6.68. The molecule has 0 aliphatic carbocycles. The summed E-state index contributed by atoms with van der Waals surface area (Å²) in [6, 6.07) is 16.1. The van der Waals surface area contributed by atoms with Gasteiger partial charge < -0.3 is 19.5 Å². The molecule has 6 nitrogen and oxygen atoms in total. The van der Waals surface area contributed by atoms with Crippen LogP contribution < -0.4 is 5.32 Å². The lowest BCUT2D eigenvalue weighted by atomic mass is 9.96. The van der Waals surface area contributed by atoms with Crippen molar-refractivity contribution >= 4 is 39.2 Å². The predicted octanol–water partition coefficient (Wildman–Crippen LogP) is 4.79. The van der Waals surface area contributed by atoms with Crippen molar-refractivity contribution < 1.29 is 9.53 Å². The molecule has 1 aliphatic rings. The van der Waals surface area contributed by atoms with Crippen LogP contribution in [0.5, 0.6) is 0 Å². The van der Waals surface area contributed by atoms with Crippen molar-refractivity contribution in [2.24, 2.45) is 0 Å². The third kappa shape index (κ3) is 4.29. The Hall–Kier alpha value is -2.71. The lowest BCUT2D eigenvalue weighted by molar-refractivity contribution is -0.140. The Balaban J connectivity index is 1.80. The molecule has 0 saturated carbocycles. The average Bonchev–Trinajstić information content (AvgIpc) is 3.27. The van der Waals surface area contributed by atoms with Crippen LogP contribution in [0, 0.1) is 13.8 Å². The van der Waals surface area contributed by atoms with Gasteiger partial charge in [0.15, 0.2) is 5.11 Å². The number of hydrogen-bond donors (Lipinski definition) is 1. The second-order valence-corrected chi connectivity index (χ2v) is 9.09. The zero-order chi connectivity index (χ0) is 22.8. The zero-order valence-electron chi connectivity index (χ0n) is 18.2. The van der Waals surface area contributed by atoms with E-state index in [1.165, 1.54) is 7.11 Å². The fraction of sp³-hybridized carbons (Fsp3) is 0.292. The Morgan fingerprint density at radius 2 is 2.03 bits per heavy atom. The highest BCUT2D eigenvalue weighted by atomic mass is 79.9. The van der Waals surface area contributed by atoms with E-state index in [9.17, 15) is 4.79 Å². The number of benzene rings is 1. The molecule has 0 bridgehead atoms. The van der Waals surface area contributed by atoms with Gasteiger partial charge in [-0.15, -0.1) is 0 Å². The van der Waals surface area contributed by atoms with E-state index in [-0.39, 0.29) is 24.5 Å². The summed E-state index contributed by atoms with van der Waals surface area (Å²) in [5, 5.41) is 4.05. The van der Waals surface area contributed by atoms with Gasteiger partial charge in [-0.25, -0.2) is 0 Å². The molecular weight excluding hydrogens is 488 g/mol. The topological polar surface area (TPSA) is 59.4 Å². The Labute approximate surface area is 201 Å². The van der Waals surface area contributed by atoms with Crippen LogP contribution >= 0.6 is 28.1 Å². The van der Waals surface area contributed by atoms with Gasteiger partial charge >= 0.3 is 5.97 Å². The first-order valence-corrected chi connectivity index (χ1v) is 11.6. The third-order valence-electron chi connectivity index (χ3n) is 5.84. The fourth-order valence-electron chi connectivity index (χ4n) is 4.40. The first-order chi connectivity index (χ1) is 15.4. The molecule has 1 aromatic carbocycles. The van der Waals surface area contributed by atoms with Crippen LogP contribution in [-0.2, 0) is 9.53 Å². The van der Waals surface area contributed by atoms with Crippen LogP contribution in [0.2, 0.25) is 0 Å². The van der Waals surface area contributed by atoms with Crippen LogP contribution in [0.25, 0.3) is 5.69 Å². The first-order valence-electron chi connectivity index (χ1n) is 10.4. The summed E-state index contributed by atoms with van der Waals surface area (Å²) in [5.74, 6) is -0.257. The summed E-state index contributed by atoms with van der Waals surface area (Å²) in [6.07, 6.45) is 2.05. The normalized spacial score (nSPS) is 18.0. The number of carbonyl (C=O) groups excluding carboxylic acids is 1. The van der Waals surface area contributed by atoms with Gasteiger partial charge in [-0.3, -0.25) is 9.78 Å². The summed E-state index contributed by atoms with van der Waals surface area (Å²) >= 11 is 9.28. The molecule has 3 aromatic rings. The SMILES string of the molecule is COC(=O)CCN1C(=S)NC(c2ccccn2)C1c1cc(C)n(-c2cccc(Br)c2)c1C. The van der Waals surface area contributed by atoms with Crippen molar-refractivity contribution in [1.29, 1.82) is 0 Å². The summed E-state index contributed by atoms with van der Waals surface area (Å²) in [4.78, 5) is 18.6. The van der Waals surface area contributed by atoms with Gasteiger partial charge in [0, 0.05) is 34.3 Å². The number of aryl methyl sites for hydroxylation is 1. The van der Waals surface area contributed by atoms with Crippen LogP contribution in [0.3, 0.4) is 0 Å². The minimum atomic E-state index is -0.257. The number of ether oxygens (including phenoxy) is 1. The van der Waals surface area contributed by atoms with E-state index in [0.29, 0.717) is 11.7 Å². The average molecular weight is 513 g/mol. The summed E-state index contributed by atoms with van der Waals surface area (Å²) < 4.78 is 8.14. The second kappa shape index (κ2) is 9.42. The van der Waals surface area contributed by atoms with Crippen LogP contribution in [0.4, 0.5) is 0 Å². The van der Waals surface area contributed by atoms with Crippen LogP contribution in [0.1, 0.15) is 41.1 Å². The highest BCUT2D eigenvalue weighted by Crippen LogP contribution is 2.41. The van der Waals surface area contributed by atoms with Gasteiger partial charge in [0.25, 0.3) is 0 Å². The predicted molar refractivity (Wildman–Crippen MR) is 132 cm³/mol. The molecule has 166 valence electrons. The minimum absolute atomic E-state index is 0.103. The molecule has 8 heteroatoms. The molecule has 1 saturated heterocycles. The van der Waals surface area contributed by atoms with Crippen molar-refractivity contribution in [2.75, 3.05) is 13.7 Å². The Morgan fingerprint density at radius 1 is 1.22 bits per heavy atom. The molecule has 0 spiro atoms. The number of nitrogens with one attached hydrogen (secondary N) is 1. The number of nitrogens with zero attached hydrogens (tertiary/aromatic N) is 3. The Morgan fingerprint density at radius 3 is 2.72 bits per heavy atom. The van der Waals surface area contributed by atoms with Crippen molar-refractivity contribution in [1.82, 2.24) is 19.8 Å². The number of thiocarbonyl (C=S) groups is 1. The lowest BCUT2D eigenvalue weighted by Gasteiger charge is -2.28. The molecule has 32 heavy (non-hydrogen) atoms. The molecule has 0 radical (unpaired) electrons. The van der Waals surface area contributed by atoms with E-state index in [4.69, 9.17) is 17.0 Å². The van der Waals surface area contributed by atoms with Crippen LogP contribution in [0.15, 0.2) is 59.2 Å².